The number of rotatable bonds is 0. The third-order valence-corrected chi connectivity index (χ3v) is 1.99. The maximum absolute atomic E-state index is 11.2. The molecule has 0 aromatic rings. The van der Waals surface area contributed by atoms with Crippen LogP contribution in [-0.2, 0) is 9.59 Å². The molecule has 0 spiro atoms. The molecular formula is C8H8N2O2. The Morgan fingerprint density at radius 3 is 3.08 bits per heavy atom. The summed E-state index contributed by atoms with van der Waals surface area (Å²) in [4.78, 5) is 22.0. The first-order valence-electron chi connectivity index (χ1n) is 3.74. The van der Waals surface area contributed by atoms with Gasteiger partial charge in [0.1, 0.15) is 0 Å². The first kappa shape index (κ1) is 7.09. The van der Waals surface area contributed by atoms with Gasteiger partial charge in [-0.05, 0) is 0 Å². The molecule has 2 heterocycles. The van der Waals surface area contributed by atoms with Crippen molar-refractivity contribution in [1.29, 1.82) is 0 Å². The van der Waals surface area contributed by atoms with E-state index in [1.807, 2.05) is 6.08 Å². The lowest BCUT2D eigenvalue weighted by atomic mass is 9.93. The molecule has 2 aliphatic rings. The van der Waals surface area contributed by atoms with Gasteiger partial charge < -0.3 is 10.6 Å². The van der Waals surface area contributed by atoms with E-state index in [-0.39, 0.29) is 17.7 Å². The summed E-state index contributed by atoms with van der Waals surface area (Å²) in [6.07, 6.45) is 4.83. The standard InChI is InChI=1S/C8H8N2O2/c11-7-3-6-5(4-10-7)1-2-9-8(6)12/h1-3,5H,4H2,(H,9,12)(H,10,11). The largest absolute Gasteiger partial charge is 0.352 e. The second-order valence-corrected chi connectivity index (χ2v) is 2.78. The van der Waals surface area contributed by atoms with E-state index in [1.165, 1.54) is 6.08 Å². The van der Waals surface area contributed by atoms with Crippen LogP contribution in [0.5, 0.6) is 0 Å². The van der Waals surface area contributed by atoms with Gasteiger partial charge in [0.25, 0.3) is 5.91 Å². The number of hydrogen-bond donors (Lipinski definition) is 2. The molecule has 0 saturated carbocycles. The summed E-state index contributed by atoms with van der Waals surface area (Å²) in [7, 11) is 0. The van der Waals surface area contributed by atoms with Gasteiger partial charge in [0.2, 0.25) is 5.91 Å². The van der Waals surface area contributed by atoms with Crippen LogP contribution in [0.2, 0.25) is 0 Å². The summed E-state index contributed by atoms with van der Waals surface area (Å²) in [5.41, 5.74) is 0.557. The van der Waals surface area contributed by atoms with Crippen LogP contribution >= 0.6 is 0 Å². The first-order chi connectivity index (χ1) is 5.77. The van der Waals surface area contributed by atoms with Gasteiger partial charge in [-0.15, -0.1) is 0 Å². The average Bonchev–Trinajstić information content (AvgIpc) is 2.07. The molecule has 4 nitrogen and oxygen atoms in total. The van der Waals surface area contributed by atoms with Crippen molar-refractivity contribution in [3.05, 3.63) is 23.9 Å². The van der Waals surface area contributed by atoms with E-state index in [0.717, 1.165) is 0 Å². The van der Waals surface area contributed by atoms with Crippen LogP contribution in [0, 0.1) is 5.92 Å². The summed E-state index contributed by atoms with van der Waals surface area (Å²) in [5.74, 6) is -0.305. The summed E-state index contributed by atoms with van der Waals surface area (Å²) >= 11 is 0. The highest BCUT2D eigenvalue weighted by atomic mass is 16.2. The van der Waals surface area contributed by atoms with Crippen LogP contribution in [0.25, 0.3) is 0 Å². The molecule has 12 heavy (non-hydrogen) atoms. The lowest BCUT2D eigenvalue weighted by Gasteiger charge is -2.23. The second kappa shape index (κ2) is 2.48. The quantitative estimate of drug-likeness (QED) is 0.497. The predicted octanol–water partition coefficient (Wildman–Crippen LogP) is -0.698. The SMILES string of the molecule is O=C1C=C2C(=O)NC=CC2CN1. The van der Waals surface area contributed by atoms with E-state index in [1.54, 1.807) is 6.20 Å². The van der Waals surface area contributed by atoms with Crippen molar-refractivity contribution in [3.8, 4) is 0 Å². The van der Waals surface area contributed by atoms with E-state index in [2.05, 4.69) is 10.6 Å². The van der Waals surface area contributed by atoms with Crippen molar-refractivity contribution in [2.75, 3.05) is 6.54 Å². The van der Waals surface area contributed by atoms with Gasteiger partial charge in [0, 0.05) is 30.3 Å². The summed E-state index contributed by atoms with van der Waals surface area (Å²) in [5, 5.41) is 5.19. The molecule has 1 unspecified atom stereocenters. The van der Waals surface area contributed by atoms with Gasteiger partial charge in [0.05, 0.1) is 0 Å². The third kappa shape index (κ3) is 1.01. The molecule has 0 aliphatic carbocycles. The monoisotopic (exact) mass is 164 g/mol. The first-order valence-corrected chi connectivity index (χ1v) is 3.74. The fourth-order valence-corrected chi connectivity index (χ4v) is 1.35. The molecule has 2 N–H and O–H groups in total. The van der Waals surface area contributed by atoms with Gasteiger partial charge in [0.15, 0.2) is 0 Å². The Labute approximate surface area is 69.3 Å². The molecule has 4 heteroatoms. The van der Waals surface area contributed by atoms with Crippen molar-refractivity contribution in [2.45, 2.75) is 0 Å². The highest BCUT2D eigenvalue weighted by Crippen LogP contribution is 2.18. The van der Waals surface area contributed by atoms with Crippen molar-refractivity contribution in [2.24, 2.45) is 5.92 Å². The minimum Gasteiger partial charge on any atom is -0.352 e. The van der Waals surface area contributed by atoms with E-state index < -0.39 is 0 Å². The molecule has 62 valence electrons. The average molecular weight is 164 g/mol. The van der Waals surface area contributed by atoms with Gasteiger partial charge >= 0.3 is 0 Å². The van der Waals surface area contributed by atoms with Crippen LogP contribution in [0.4, 0.5) is 0 Å². The second-order valence-electron chi connectivity index (χ2n) is 2.78. The minimum atomic E-state index is -0.188. The maximum atomic E-state index is 11.2. The molecule has 2 rings (SSSR count). The number of amides is 2. The highest BCUT2D eigenvalue weighted by molar-refractivity contribution is 6.03. The summed E-state index contributed by atoms with van der Waals surface area (Å²) in [6.45, 7) is 0.522. The topological polar surface area (TPSA) is 58.2 Å². The van der Waals surface area contributed by atoms with Gasteiger partial charge in [-0.2, -0.15) is 0 Å². The van der Waals surface area contributed by atoms with Crippen molar-refractivity contribution in [1.82, 2.24) is 10.6 Å². The van der Waals surface area contributed by atoms with Crippen LogP contribution < -0.4 is 10.6 Å². The molecular weight excluding hydrogens is 156 g/mol. The van der Waals surface area contributed by atoms with Gasteiger partial charge in [-0.25, -0.2) is 0 Å². The third-order valence-electron chi connectivity index (χ3n) is 1.99. The molecule has 2 amide bonds. The zero-order chi connectivity index (χ0) is 8.55. The Hall–Kier alpha value is -1.58. The smallest absolute Gasteiger partial charge is 0.251 e. The Bertz CT molecular complexity index is 304. The lowest BCUT2D eigenvalue weighted by molar-refractivity contribution is -0.120. The molecule has 0 radical (unpaired) electrons. The molecule has 1 atom stereocenters. The molecule has 0 bridgehead atoms. The number of hydrogen-bond acceptors (Lipinski definition) is 2. The molecule has 0 aromatic heterocycles. The van der Waals surface area contributed by atoms with E-state index in [9.17, 15) is 9.59 Å². The van der Waals surface area contributed by atoms with Crippen molar-refractivity contribution in [3.63, 3.8) is 0 Å². The Balaban J connectivity index is 2.38. The molecule has 0 fully saturated rings. The highest BCUT2D eigenvalue weighted by Gasteiger charge is 2.26. The fraction of sp³-hybridized carbons (Fsp3) is 0.250. The van der Waals surface area contributed by atoms with Crippen LogP contribution in [0.1, 0.15) is 0 Å². The predicted molar refractivity (Wildman–Crippen MR) is 41.9 cm³/mol. The van der Waals surface area contributed by atoms with Gasteiger partial charge in [-0.1, -0.05) is 6.08 Å². The van der Waals surface area contributed by atoms with E-state index in [0.29, 0.717) is 12.1 Å². The molecule has 0 aromatic carbocycles. The van der Waals surface area contributed by atoms with Crippen molar-refractivity contribution >= 4 is 11.8 Å². The summed E-state index contributed by atoms with van der Waals surface area (Å²) in [6, 6.07) is 0. The van der Waals surface area contributed by atoms with Crippen LogP contribution in [0.3, 0.4) is 0 Å². The number of carbonyl (C=O) groups excluding carboxylic acids is 2. The maximum Gasteiger partial charge on any atom is 0.251 e. The molecule has 2 aliphatic heterocycles. The van der Waals surface area contributed by atoms with Crippen LogP contribution in [-0.4, -0.2) is 18.4 Å². The molecule has 0 saturated heterocycles. The van der Waals surface area contributed by atoms with Crippen molar-refractivity contribution < 1.29 is 9.59 Å². The zero-order valence-electron chi connectivity index (χ0n) is 6.33. The fourth-order valence-electron chi connectivity index (χ4n) is 1.35. The van der Waals surface area contributed by atoms with Gasteiger partial charge in [-0.3, -0.25) is 9.59 Å². The Kier molecular flexibility index (Phi) is 1.46. The van der Waals surface area contributed by atoms with E-state index >= 15 is 0 Å². The lowest BCUT2D eigenvalue weighted by Crippen LogP contribution is -2.40. The number of fused-ring (bicyclic) bond motifs is 1. The summed E-state index contributed by atoms with van der Waals surface area (Å²) < 4.78 is 0. The Morgan fingerprint density at radius 1 is 1.42 bits per heavy atom. The van der Waals surface area contributed by atoms with Crippen LogP contribution in [0.15, 0.2) is 23.9 Å². The number of nitrogens with one attached hydrogen (secondary N) is 2. The van der Waals surface area contributed by atoms with E-state index in [4.69, 9.17) is 0 Å². The minimum absolute atomic E-state index is 0.0523. The Morgan fingerprint density at radius 2 is 2.25 bits per heavy atom. The number of carbonyl (C=O) groups is 2. The normalized spacial score (nSPS) is 27.0. The zero-order valence-corrected chi connectivity index (χ0v) is 6.33.